The molecule has 2 heteroatoms. The normalized spacial score (nSPS) is 6.40. The average molecular weight is 70.1 g/mol. The molecular weight excluding hydrogens is 66.0 g/mol. The van der Waals surface area contributed by atoms with Crippen LogP contribution in [0.1, 0.15) is 0 Å². The molecule has 0 bridgehead atoms. The van der Waals surface area contributed by atoms with Crippen LogP contribution in [-0.4, -0.2) is 5.90 Å². The molecule has 0 aliphatic rings. The van der Waals surface area contributed by atoms with E-state index in [1.807, 2.05) is 0 Å². The maximum Gasteiger partial charge on any atom is -0.0230 e. The van der Waals surface area contributed by atoms with Crippen molar-refractivity contribution in [2.24, 2.45) is 0 Å². The minimum Gasteiger partial charge on any atom is -0.859 e. The van der Waals surface area contributed by atoms with Crippen LogP contribution in [0.5, 0.6) is 0 Å². The Hall–Kier alpha value is -0.790. The molecule has 0 unspecified atom stereocenters. The van der Waals surface area contributed by atoms with E-state index in [0.29, 0.717) is 0 Å². The molecule has 5 heavy (non-hydrogen) atoms. The van der Waals surface area contributed by atoms with Gasteiger partial charge in [-0.15, -0.1) is 0 Å². The van der Waals surface area contributed by atoms with E-state index < -0.39 is 5.90 Å². The summed E-state index contributed by atoms with van der Waals surface area (Å²) >= 11 is 0. The van der Waals surface area contributed by atoms with Gasteiger partial charge >= 0.3 is 0 Å². The molecule has 0 aromatic rings. The second-order valence-corrected chi connectivity index (χ2v) is 0.568. The Morgan fingerprint density at radius 3 is 2.20 bits per heavy atom. The van der Waals surface area contributed by atoms with Crippen LogP contribution in [0.15, 0.2) is 12.7 Å². The van der Waals surface area contributed by atoms with Crippen LogP contribution in [0, 0.1) is 5.41 Å². The lowest BCUT2D eigenvalue weighted by Gasteiger charge is -1.91. The first kappa shape index (κ1) is 4.21. The molecule has 0 fully saturated rings. The van der Waals surface area contributed by atoms with Crippen LogP contribution in [0.3, 0.4) is 0 Å². The van der Waals surface area contributed by atoms with Gasteiger partial charge < -0.3 is 10.5 Å². The predicted molar refractivity (Wildman–Crippen MR) is 17.9 cm³/mol. The molecule has 0 spiro atoms. The number of nitrogens with one attached hydrogen (secondary N) is 1. The lowest BCUT2D eigenvalue weighted by molar-refractivity contribution is -0.213. The summed E-state index contributed by atoms with van der Waals surface area (Å²) in [7, 11) is 0. The fraction of sp³-hybridized carbons (Fsp3) is 0. The summed E-state index contributed by atoms with van der Waals surface area (Å²) in [4.78, 5) is 0. The number of hydrogen-bond donors (Lipinski definition) is 1. The largest absolute Gasteiger partial charge is 0.859 e. The summed E-state index contributed by atoms with van der Waals surface area (Å²) in [5.74, 6) is -0.731. The molecular formula is C3H4NO-. The Morgan fingerprint density at radius 1 is 2.00 bits per heavy atom. The van der Waals surface area contributed by atoms with Gasteiger partial charge in [0, 0.05) is 0 Å². The summed E-state index contributed by atoms with van der Waals surface area (Å²) in [6, 6.07) is 0. The molecule has 28 valence electrons. The molecule has 1 N–H and O–H groups in total. The molecule has 0 atom stereocenters. The molecule has 0 aromatic heterocycles. The van der Waals surface area contributed by atoms with Crippen LogP contribution in [0.4, 0.5) is 0 Å². The molecule has 0 saturated heterocycles. The highest BCUT2D eigenvalue weighted by atomic mass is 16.3. The minimum absolute atomic E-state index is 0.731. The van der Waals surface area contributed by atoms with Gasteiger partial charge in [-0.1, -0.05) is 12.7 Å². The molecule has 0 radical (unpaired) electrons. The van der Waals surface area contributed by atoms with Gasteiger partial charge in [0.25, 0.3) is 0 Å². The van der Waals surface area contributed by atoms with E-state index in [-0.39, 0.29) is 0 Å². The summed E-state index contributed by atoms with van der Waals surface area (Å²) in [5, 5.41) is 15.4. The van der Waals surface area contributed by atoms with Crippen molar-refractivity contribution in [3.8, 4) is 0 Å². The fourth-order valence-electron chi connectivity index (χ4n) is 0. The zero-order valence-electron chi connectivity index (χ0n) is 2.69. The Kier molecular flexibility index (Phi) is 1.28. The van der Waals surface area contributed by atoms with Crippen molar-refractivity contribution in [2.45, 2.75) is 0 Å². The van der Waals surface area contributed by atoms with E-state index in [1.54, 1.807) is 0 Å². The first-order valence-corrected chi connectivity index (χ1v) is 1.15. The first-order valence-electron chi connectivity index (χ1n) is 1.15. The van der Waals surface area contributed by atoms with E-state index in [9.17, 15) is 5.11 Å². The van der Waals surface area contributed by atoms with E-state index in [4.69, 9.17) is 5.41 Å². The van der Waals surface area contributed by atoms with Crippen LogP contribution in [0.2, 0.25) is 0 Å². The lowest BCUT2D eigenvalue weighted by Crippen LogP contribution is -2.10. The Bertz CT molecular complexity index is 57.9. The molecule has 0 rings (SSSR count). The third-order valence-electron chi connectivity index (χ3n) is 0.185. The zero-order valence-corrected chi connectivity index (χ0v) is 2.69. The van der Waals surface area contributed by atoms with Gasteiger partial charge in [0.15, 0.2) is 0 Å². The predicted octanol–water partition coefficient (Wildman–Crippen LogP) is -0.490. The average Bonchev–Trinajstić information content (AvgIpc) is 1.38. The van der Waals surface area contributed by atoms with E-state index >= 15 is 0 Å². The van der Waals surface area contributed by atoms with Crippen LogP contribution in [0.25, 0.3) is 0 Å². The molecule has 0 aromatic carbocycles. The second kappa shape index (κ2) is 1.52. The highest BCUT2D eigenvalue weighted by Crippen LogP contribution is 1.49. The van der Waals surface area contributed by atoms with Gasteiger partial charge in [0.1, 0.15) is 0 Å². The second-order valence-electron chi connectivity index (χ2n) is 0.568. The Labute approximate surface area is 30.3 Å². The van der Waals surface area contributed by atoms with Crippen molar-refractivity contribution in [3.63, 3.8) is 0 Å². The number of rotatable bonds is 1. The van der Waals surface area contributed by atoms with Crippen molar-refractivity contribution in [1.29, 1.82) is 5.41 Å². The maximum absolute atomic E-state index is 9.36. The molecule has 2 nitrogen and oxygen atoms in total. The van der Waals surface area contributed by atoms with Gasteiger partial charge in [-0.25, -0.2) is 0 Å². The topological polar surface area (TPSA) is 46.9 Å². The lowest BCUT2D eigenvalue weighted by atomic mass is 10.7. The van der Waals surface area contributed by atoms with Crippen molar-refractivity contribution in [2.75, 3.05) is 0 Å². The highest BCUT2D eigenvalue weighted by Gasteiger charge is 1.49. The van der Waals surface area contributed by atoms with Crippen molar-refractivity contribution in [1.82, 2.24) is 0 Å². The van der Waals surface area contributed by atoms with Crippen LogP contribution in [-0.2, 0) is 0 Å². The third-order valence-corrected chi connectivity index (χ3v) is 0.185. The summed E-state index contributed by atoms with van der Waals surface area (Å²) < 4.78 is 0. The number of hydrogen-bond acceptors (Lipinski definition) is 2. The minimum atomic E-state index is -0.731. The van der Waals surface area contributed by atoms with Gasteiger partial charge in [0.05, 0.1) is 0 Å². The first-order chi connectivity index (χ1) is 2.27. The van der Waals surface area contributed by atoms with E-state index in [2.05, 4.69) is 6.58 Å². The fourth-order valence-corrected chi connectivity index (χ4v) is 0. The molecule has 0 aliphatic carbocycles. The van der Waals surface area contributed by atoms with Gasteiger partial charge in [-0.05, 0) is 5.90 Å². The quantitative estimate of drug-likeness (QED) is 0.328. The van der Waals surface area contributed by atoms with Crippen LogP contribution < -0.4 is 5.11 Å². The standard InChI is InChI=1S/C3H5NO/c1-2-3(4)5/h2H,1H2,(H2,4,5)/p-1. The van der Waals surface area contributed by atoms with E-state index in [0.717, 1.165) is 6.08 Å². The smallest absolute Gasteiger partial charge is 0.0230 e. The Balaban J connectivity index is 3.20. The summed E-state index contributed by atoms with van der Waals surface area (Å²) in [6.45, 7) is 3.02. The monoisotopic (exact) mass is 70.0 g/mol. The third kappa shape index (κ3) is 3.21. The highest BCUT2D eigenvalue weighted by molar-refractivity contribution is 5.79. The molecule has 0 aliphatic heterocycles. The maximum atomic E-state index is 9.36. The summed E-state index contributed by atoms with van der Waals surface area (Å²) in [5.41, 5.74) is 0. The molecule has 0 saturated carbocycles. The SMILES string of the molecule is C=CC(=N)[O-]. The van der Waals surface area contributed by atoms with Crippen molar-refractivity contribution >= 4 is 5.90 Å². The van der Waals surface area contributed by atoms with Gasteiger partial charge in [-0.3, -0.25) is 0 Å². The van der Waals surface area contributed by atoms with Crippen molar-refractivity contribution in [3.05, 3.63) is 12.7 Å². The zero-order chi connectivity index (χ0) is 4.28. The summed E-state index contributed by atoms with van der Waals surface area (Å²) in [6.07, 6.45) is 0.944. The van der Waals surface area contributed by atoms with E-state index in [1.165, 1.54) is 0 Å². The molecule has 0 heterocycles. The Morgan fingerprint density at radius 2 is 2.20 bits per heavy atom. The van der Waals surface area contributed by atoms with Crippen LogP contribution >= 0.6 is 0 Å². The molecule has 0 amide bonds. The van der Waals surface area contributed by atoms with Crippen molar-refractivity contribution < 1.29 is 5.11 Å². The van der Waals surface area contributed by atoms with Gasteiger partial charge in [0.2, 0.25) is 0 Å². The van der Waals surface area contributed by atoms with Gasteiger partial charge in [-0.2, -0.15) is 0 Å².